The lowest BCUT2D eigenvalue weighted by Crippen LogP contribution is -2.22. The van der Waals surface area contributed by atoms with Crippen LogP contribution in [0.15, 0.2) is 24.3 Å². The van der Waals surface area contributed by atoms with Gasteiger partial charge in [0.2, 0.25) is 0 Å². The summed E-state index contributed by atoms with van der Waals surface area (Å²) in [7, 11) is 3.95. The zero-order valence-electron chi connectivity index (χ0n) is 10.3. The van der Waals surface area contributed by atoms with E-state index in [1.165, 1.54) is 0 Å². The average molecular weight is 221 g/mol. The Hall–Kier alpha value is -1.51. The minimum Gasteiger partial charge on any atom is -0.481 e. The van der Waals surface area contributed by atoms with Crippen molar-refractivity contribution in [2.45, 2.75) is 25.7 Å². The molecule has 0 spiro atoms. The molecule has 0 atom stereocenters. The van der Waals surface area contributed by atoms with E-state index in [4.69, 9.17) is 5.11 Å². The van der Waals surface area contributed by atoms with Gasteiger partial charge in [-0.3, -0.25) is 4.79 Å². The molecule has 0 amide bonds. The van der Waals surface area contributed by atoms with E-state index in [-0.39, 0.29) is 11.8 Å². The van der Waals surface area contributed by atoms with Crippen LogP contribution in [0.2, 0.25) is 0 Å². The van der Waals surface area contributed by atoms with Crippen molar-refractivity contribution in [3.63, 3.8) is 0 Å². The molecule has 3 nitrogen and oxygen atoms in total. The Morgan fingerprint density at radius 3 is 2.50 bits per heavy atom. The first-order chi connectivity index (χ1) is 7.33. The predicted molar refractivity (Wildman–Crippen MR) is 66.0 cm³/mol. The van der Waals surface area contributed by atoms with Gasteiger partial charge >= 0.3 is 5.97 Å². The van der Waals surface area contributed by atoms with Crippen molar-refractivity contribution in [3.8, 4) is 0 Å². The molecule has 88 valence electrons. The van der Waals surface area contributed by atoms with E-state index in [1.54, 1.807) is 0 Å². The van der Waals surface area contributed by atoms with Gasteiger partial charge in [0.05, 0.1) is 6.42 Å². The molecule has 1 N–H and O–H groups in total. The molecule has 0 radical (unpaired) electrons. The van der Waals surface area contributed by atoms with Crippen LogP contribution in [0.5, 0.6) is 0 Å². The minimum atomic E-state index is -0.764. The molecule has 1 aromatic rings. The largest absolute Gasteiger partial charge is 0.481 e. The molecule has 16 heavy (non-hydrogen) atoms. The van der Waals surface area contributed by atoms with Crippen LogP contribution in [0.1, 0.15) is 25.8 Å². The lowest BCUT2D eigenvalue weighted by atomic mass is 9.81. The van der Waals surface area contributed by atoms with E-state index >= 15 is 0 Å². The predicted octanol–water partition coefficient (Wildman–Crippen LogP) is 2.50. The van der Waals surface area contributed by atoms with Crippen LogP contribution in [0, 0.1) is 0 Å². The van der Waals surface area contributed by atoms with Crippen LogP contribution in [-0.4, -0.2) is 25.2 Å². The second kappa shape index (κ2) is 4.56. The van der Waals surface area contributed by atoms with Crippen molar-refractivity contribution in [1.29, 1.82) is 0 Å². The third kappa shape index (κ3) is 2.99. The number of rotatable bonds is 4. The van der Waals surface area contributed by atoms with Crippen LogP contribution in [0.3, 0.4) is 0 Å². The summed E-state index contributed by atoms with van der Waals surface area (Å²) in [6, 6.07) is 8.01. The fraction of sp³-hybridized carbons (Fsp3) is 0.462. The topological polar surface area (TPSA) is 40.5 Å². The van der Waals surface area contributed by atoms with Crippen LogP contribution >= 0.6 is 0 Å². The van der Waals surface area contributed by atoms with Crippen molar-refractivity contribution in [3.05, 3.63) is 29.8 Å². The maximum absolute atomic E-state index is 10.8. The lowest BCUT2D eigenvalue weighted by molar-refractivity contribution is -0.138. The van der Waals surface area contributed by atoms with Gasteiger partial charge in [-0.25, -0.2) is 0 Å². The number of carboxylic acid groups (broad SMARTS) is 1. The first-order valence-electron chi connectivity index (χ1n) is 5.32. The van der Waals surface area contributed by atoms with Gasteiger partial charge in [-0.15, -0.1) is 0 Å². The molecule has 3 heteroatoms. The number of carbonyl (C=O) groups is 1. The van der Waals surface area contributed by atoms with Gasteiger partial charge in [-0.1, -0.05) is 26.0 Å². The molecule has 0 fully saturated rings. The SMILES string of the molecule is CN(C)c1cccc(C(C)(C)CC(=O)O)c1. The highest BCUT2D eigenvalue weighted by atomic mass is 16.4. The second-order valence-corrected chi connectivity index (χ2v) is 4.90. The van der Waals surface area contributed by atoms with E-state index in [0.29, 0.717) is 0 Å². The maximum Gasteiger partial charge on any atom is 0.304 e. The summed E-state index contributed by atoms with van der Waals surface area (Å²) in [6.07, 6.45) is 0.143. The Morgan fingerprint density at radius 2 is 2.00 bits per heavy atom. The number of carboxylic acids is 1. The highest BCUT2D eigenvalue weighted by Gasteiger charge is 2.24. The Labute approximate surface area is 96.7 Å². The number of anilines is 1. The molecule has 0 aromatic heterocycles. The Balaban J connectivity index is 3.03. The fourth-order valence-corrected chi connectivity index (χ4v) is 1.69. The van der Waals surface area contributed by atoms with Crippen LogP contribution < -0.4 is 4.90 Å². The number of nitrogens with zero attached hydrogens (tertiary/aromatic N) is 1. The molecule has 1 rings (SSSR count). The molecule has 0 aliphatic rings. The quantitative estimate of drug-likeness (QED) is 0.849. The Morgan fingerprint density at radius 1 is 1.38 bits per heavy atom. The standard InChI is InChI=1S/C13H19NO2/c1-13(2,9-12(15)16)10-6-5-7-11(8-10)14(3)4/h5-8H,9H2,1-4H3,(H,15,16). The van der Waals surface area contributed by atoms with Gasteiger partial charge in [0, 0.05) is 25.2 Å². The number of benzene rings is 1. The molecule has 0 saturated heterocycles. The van der Waals surface area contributed by atoms with Gasteiger partial charge in [-0.2, -0.15) is 0 Å². The number of aliphatic carboxylic acids is 1. The molecule has 0 heterocycles. The minimum absolute atomic E-state index is 0.143. The summed E-state index contributed by atoms with van der Waals surface area (Å²) in [5.74, 6) is -0.764. The van der Waals surface area contributed by atoms with E-state index < -0.39 is 5.97 Å². The first kappa shape index (κ1) is 12.6. The van der Waals surface area contributed by atoms with Crippen molar-refractivity contribution in [2.75, 3.05) is 19.0 Å². The normalized spacial score (nSPS) is 11.2. The third-order valence-electron chi connectivity index (χ3n) is 2.74. The lowest BCUT2D eigenvalue weighted by Gasteiger charge is -2.24. The van der Waals surface area contributed by atoms with E-state index in [0.717, 1.165) is 11.3 Å². The van der Waals surface area contributed by atoms with Crippen LogP contribution in [0.4, 0.5) is 5.69 Å². The summed E-state index contributed by atoms with van der Waals surface area (Å²) in [4.78, 5) is 12.8. The van der Waals surface area contributed by atoms with Crippen molar-refractivity contribution in [2.24, 2.45) is 0 Å². The summed E-state index contributed by atoms with van der Waals surface area (Å²) in [5.41, 5.74) is 1.81. The van der Waals surface area contributed by atoms with E-state index in [1.807, 2.05) is 57.1 Å². The van der Waals surface area contributed by atoms with Crippen molar-refractivity contribution >= 4 is 11.7 Å². The number of hydrogen-bond acceptors (Lipinski definition) is 2. The summed E-state index contributed by atoms with van der Waals surface area (Å²) >= 11 is 0. The summed E-state index contributed by atoms with van der Waals surface area (Å²) in [5, 5.41) is 8.88. The Bertz CT molecular complexity index is 383. The molecule has 0 saturated carbocycles. The maximum atomic E-state index is 10.8. The van der Waals surface area contributed by atoms with Crippen LogP contribution in [0.25, 0.3) is 0 Å². The summed E-state index contributed by atoms with van der Waals surface area (Å²) in [6.45, 7) is 3.91. The second-order valence-electron chi connectivity index (χ2n) is 4.90. The molecule has 0 bridgehead atoms. The van der Waals surface area contributed by atoms with E-state index in [2.05, 4.69) is 0 Å². The van der Waals surface area contributed by atoms with Crippen LogP contribution in [-0.2, 0) is 10.2 Å². The monoisotopic (exact) mass is 221 g/mol. The third-order valence-corrected chi connectivity index (χ3v) is 2.74. The van der Waals surface area contributed by atoms with E-state index in [9.17, 15) is 4.79 Å². The number of hydrogen-bond donors (Lipinski definition) is 1. The zero-order chi connectivity index (χ0) is 12.3. The Kier molecular flexibility index (Phi) is 3.58. The smallest absolute Gasteiger partial charge is 0.304 e. The molecule has 0 aliphatic carbocycles. The molecule has 0 aliphatic heterocycles. The van der Waals surface area contributed by atoms with Gasteiger partial charge in [0.1, 0.15) is 0 Å². The van der Waals surface area contributed by atoms with Crippen molar-refractivity contribution in [1.82, 2.24) is 0 Å². The fourth-order valence-electron chi connectivity index (χ4n) is 1.69. The highest BCUT2D eigenvalue weighted by molar-refractivity contribution is 5.69. The zero-order valence-corrected chi connectivity index (χ0v) is 10.3. The molecular formula is C13H19NO2. The first-order valence-corrected chi connectivity index (χ1v) is 5.32. The molecule has 0 unspecified atom stereocenters. The summed E-state index contributed by atoms with van der Waals surface area (Å²) < 4.78 is 0. The van der Waals surface area contributed by atoms with Gasteiger partial charge in [0.25, 0.3) is 0 Å². The van der Waals surface area contributed by atoms with Gasteiger partial charge < -0.3 is 10.0 Å². The van der Waals surface area contributed by atoms with Gasteiger partial charge in [0.15, 0.2) is 0 Å². The molecule has 1 aromatic carbocycles. The van der Waals surface area contributed by atoms with Gasteiger partial charge in [-0.05, 0) is 17.7 Å². The highest BCUT2D eigenvalue weighted by Crippen LogP contribution is 2.29. The molecular weight excluding hydrogens is 202 g/mol. The van der Waals surface area contributed by atoms with Crippen molar-refractivity contribution < 1.29 is 9.90 Å². The average Bonchev–Trinajstić information content (AvgIpc) is 2.16.